The third-order valence-electron chi connectivity index (χ3n) is 2.68. The Bertz CT molecular complexity index is 291. The zero-order chi connectivity index (χ0) is 14.5. The molecule has 0 aliphatic carbocycles. The molecule has 0 saturated carbocycles. The van der Waals surface area contributed by atoms with Gasteiger partial charge >= 0.3 is 11.9 Å². The van der Waals surface area contributed by atoms with Gasteiger partial charge in [0.15, 0.2) is 0 Å². The standard InChI is InChI=1S/C13H23NO5/c15-11(14-10-6-9-13(18)19)7-4-2-1-3-5-8-12(16)17/h1-10H2,(H,14,15)(H,16,17)(H,18,19). The molecule has 0 bridgehead atoms. The predicted molar refractivity (Wildman–Crippen MR) is 69.8 cm³/mol. The zero-order valence-electron chi connectivity index (χ0n) is 11.2. The molecule has 0 aliphatic rings. The normalized spacial score (nSPS) is 10.1. The molecular weight excluding hydrogens is 250 g/mol. The van der Waals surface area contributed by atoms with Gasteiger partial charge in [0.2, 0.25) is 5.91 Å². The largest absolute Gasteiger partial charge is 0.481 e. The van der Waals surface area contributed by atoms with Crippen LogP contribution in [0.4, 0.5) is 0 Å². The van der Waals surface area contributed by atoms with E-state index in [2.05, 4.69) is 5.32 Å². The summed E-state index contributed by atoms with van der Waals surface area (Å²) in [6.07, 6.45) is 5.42. The second-order valence-corrected chi connectivity index (χ2v) is 4.51. The first-order valence-corrected chi connectivity index (χ1v) is 6.72. The van der Waals surface area contributed by atoms with Gasteiger partial charge in [0.25, 0.3) is 0 Å². The van der Waals surface area contributed by atoms with Crippen molar-refractivity contribution in [2.75, 3.05) is 6.54 Å². The molecule has 1 amide bonds. The number of nitrogens with one attached hydrogen (secondary N) is 1. The van der Waals surface area contributed by atoms with Crippen LogP contribution in [-0.4, -0.2) is 34.6 Å². The number of carboxylic acids is 2. The zero-order valence-corrected chi connectivity index (χ0v) is 11.2. The Morgan fingerprint density at radius 3 is 1.74 bits per heavy atom. The van der Waals surface area contributed by atoms with Crippen LogP contribution in [0.15, 0.2) is 0 Å². The first-order valence-electron chi connectivity index (χ1n) is 6.72. The fraction of sp³-hybridized carbons (Fsp3) is 0.769. The Kier molecular flexibility index (Phi) is 10.5. The Balaban J connectivity index is 3.24. The van der Waals surface area contributed by atoms with Gasteiger partial charge in [-0.25, -0.2) is 0 Å². The first kappa shape index (κ1) is 17.4. The fourth-order valence-corrected chi connectivity index (χ4v) is 1.65. The Labute approximate surface area is 113 Å². The number of carboxylic acid groups (broad SMARTS) is 2. The summed E-state index contributed by atoms with van der Waals surface area (Å²) in [6.45, 7) is 0.406. The smallest absolute Gasteiger partial charge is 0.303 e. The number of hydrogen-bond donors (Lipinski definition) is 3. The van der Waals surface area contributed by atoms with E-state index in [1.807, 2.05) is 0 Å². The lowest BCUT2D eigenvalue weighted by molar-refractivity contribution is -0.138. The first-order chi connectivity index (χ1) is 9.02. The van der Waals surface area contributed by atoms with Gasteiger partial charge in [-0.1, -0.05) is 19.3 Å². The van der Waals surface area contributed by atoms with Crippen molar-refractivity contribution < 1.29 is 24.6 Å². The third kappa shape index (κ3) is 14.3. The Morgan fingerprint density at radius 1 is 0.684 bits per heavy atom. The molecule has 0 rings (SSSR count). The molecule has 110 valence electrons. The maximum absolute atomic E-state index is 11.3. The minimum atomic E-state index is -0.851. The van der Waals surface area contributed by atoms with E-state index in [1.165, 1.54) is 0 Å². The summed E-state index contributed by atoms with van der Waals surface area (Å²) in [5.74, 6) is -1.66. The highest BCUT2D eigenvalue weighted by Crippen LogP contribution is 2.07. The van der Waals surface area contributed by atoms with Crippen LogP contribution in [0.3, 0.4) is 0 Å². The number of carbonyl (C=O) groups is 3. The molecule has 6 heteroatoms. The number of aliphatic carboxylic acids is 2. The van der Waals surface area contributed by atoms with Crippen molar-refractivity contribution in [3.8, 4) is 0 Å². The van der Waals surface area contributed by atoms with E-state index in [4.69, 9.17) is 10.2 Å². The van der Waals surface area contributed by atoms with Crippen LogP contribution < -0.4 is 5.32 Å². The molecule has 0 unspecified atom stereocenters. The minimum absolute atomic E-state index is 0.0454. The number of unbranched alkanes of at least 4 members (excludes halogenated alkanes) is 4. The highest BCUT2D eigenvalue weighted by molar-refractivity contribution is 5.75. The molecule has 19 heavy (non-hydrogen) atoms. The van der Waals surface area contributed by atoms with Crippen LogP contribution in [0, 0.1) is 0 Å². The molecule has 0 aromatic rings. The molecule has 0 saturated heterocycles. The lowest BCUT2D eigenvalue weighted by Gasteiger charge is -2.04. The molecule has 0 aromatic carbocycles. The third-order valence-corrected chi connectivity index (χ3v) is 2.68. The summed E-state index contributed by atoms with van der Waals surface area (Å²) in [5, 5.41) is 19.5. The summed E-state index contributed by atoms with van der Waals surface area (Å²) in [7, 11) is 0. The second kappa shape index (κ2) is 11.5. The van der Waals surface area contributed by atoms with Crippen molar-refractivity contribution in [1.82, 2.24) is 5.32 Å². The molecule has 0 heterocycles. The summed E-state index contributed by atoms with van der Waals surface area (Å²) in [5.41, 5.74) is 0. The lowest BCUT2D eigenvalue weighted by atomic mass is 10.1. The van der Waals surface area contributed by atoms with Gasteiger partial charge in [0.1, 0.15) is 0 Å². The van der Waals surface area contributed by atoms with Crippen LogP contribution in [0.25, 0.3) is 0 Å². The van der Waals surface area contributed by atoms with Crippen LogP contribution in [0.1, 0.15) is 57.8 Å². The lowest BCUT2D eigenvalue weighted by Crippen LogP contribution is -2.24. The van der Waals surface area contributed by atoms with Gasteiger partial charge in [-0.15, -0.1) is 0 Å². The van der Waals surface area contributed by atoms with Crippen molar-refractivity contribution in [1.29, 1.82) is 0 Å². The number of amides is 1. The molecule has 6 nitrogen and oxygen atoms in total. The quantitative estimate of drug-likeness (QED) is 0.470. The number of hydrogen-bond acceptors (Lipinski definition) is 3. The van der Waals surface area contributed by atoms with E-state index in [-0.39, 0.29) is 18.7 Å². The highest BCUT2D eigenvalue weighted by Gasteiger charge is 2.02. The SMILES string of the molecule is O=C(O)CCCCCCCC(=O)NCCCC(=O)O. The van der Waals surface area contributed by atoms with Crippen LogP contribution in [0.5, 0.6) is 0 Å². The van der Waals surface area contributed by atoms with Crippen molar-refractivity contribution >= 4 is 17.8 Å². The van der Waals surface area contributed by atoms with E-state index in [0.29, 0.717) is 25.8 Å². The minimum Gasteiger partial charge on any atom is -0.481 e. The van der Waals surface area contributed by atoms with Gasteiger partial charge in [-0.2, -0.15) is 0 Å². The molecule has 0 spiro atoms. The van der Waals surface area contributed by atoms with Crippen LogP contribution >= 0.6 is 0 Å². The summed E-state index contributed by atoms with van der Waals surface area (Å²) >= 11 is 0. The molecular formula is C13H23NO5. The van der Waals surface area contributed by atoms with E-state index in [0.717, 1.165) is 25.7 Å². The van der Waals surface area contributed by atoms with Crippen molar-refractivity contribution in [2.45, 2.75) is 57.8 Å². The Hall–Kier alpha value is -1.59. The van der Waals surface area contributed by atoms with Crippen molar-refractivity contribution in [2.24, 2.45) is 0 Å². The molecule has 3 N–H and O–H groups in total. The van der Waals surface area contributed by atoms with Crippen LogP contribution in [0.2, 0.25) is 0 Å². The van der Waals surface area contributed by atoms with Gasteiger partial charge in [0, 0.05) is 25.8 Å². The highest BCUT2D eigenvalue weighted by atomic mass is 16.4. The molecule has 0 fully saturated rings. The topological polar surface area (TPSA) is 104 Å². The monoisotopic (exact) mass is 273 g/mol. The van der Waals surface area contributed by atoms with Gasteiger partial charge < -0.3 is 15.5 Å². The Morgan fingerprint density at radius 2 is 1.16 bits per heavy atom. The fourth-order valence-electron chi connectivity index (χ4n) is 1.65. The summed E-state index contributed by atoms with van der Waals surface area (Å²) < 4.78 is 0. The van der Waals surface area contributed by atoms with Gasteiger partial charge in [0.05, 0.1) is 0 Å². The van der Waals surface area contributed by atoms with E-state index >= 15 is 0 Å². The van der Waals surface area contributed by atoms with E-state index in [9.17, 15) is 14.4 Å². The maximum Gasteiger partial charge on any atom is 0.303 e. The maximum atomic E-state index is 11.3. The van der Waals surface area contributed by atoms with E-state index < -0.39 is 11.9 Å². The van der Waals surface area contributed by atoms with Gasteiger partial charge in [-0.3, -0.25) is 14.4 Å². The average molecular weight is 273 g/mol. The molecule has 0 aliphatic heterocycles. The molecule has 0 aromatic heterocycles. The van der Waals surface area contributed by atoms with E-state index in [1.54, 1.807) is 0 Å². The molecule has 0 radical (unpaired) electrons. The summed E-state index contributed by atoms with van der Waals surface area (Å²) in [4.78, 5) is 31.8. The summed E-state index contributed by atoms with van der Waals surface area (Å²) in [6, 6.07) is 0. The number of rotatable bonds is 12. The van der Waals surface area contributed by atoms with Crippen molar-refractivity contribution in [3.05, 3.63) is 0 Å². The molecule has 0 atom stereocenters. The van der Waals surface area contributed by atoms with Crippen LogP contribution in [-0.2, 0) is 14.4 Å². The second-order valence-electron chi connectivity index (χ2n) is 4.51. The van der Waals surface area contributed by atoms with Crippen molar-refractivity contribution in [3.63, 3.8) is 0 Å². The predicted octanol–water partition coefficient (Wildman–Crippen LogP) is 1.78. The number of carbonyl (C=O) groups excluding carboxylic acids is 1. The van der Waals surface area contributed by atoms with Gasteiger partial charge in [-0.05, 0) is 19.3 Å². The average Bonchev–Trinajstić information content (AvgIpc) is 2.33.